The number of halogens is 2. The van der Waals surface area contributed by atoms with E-state index in [1.165, 1.54) is 37.5 Å². The third-order valence-electron chi connectivity index (χ3n) is 5.34. The standard InChI is InChI=1S/C26H21Cl2NO7S2/c1-16-7-9-18(10-8-16)38(32,33)36-24-19(27)13-17(14-20(24)28)15-23-25(30)29(26(31)37-23)11-12-35-22-6-4-3-5-21(22)34-2/h3-10,13-15H,11-12H2,1-2H3/b23-15-. The normalized spacial score (nSPS) is 14.7. The molecule has 1 aliphatic rings. The molecule has 12 heteroatoms. The van der Waals surface area contributed by atoms with Gasteiger partial charge in [0.25, 0.3) is 11.1 Å². The molecule has 38 heavy (non-hydrogen) atoms. The number of benzene rings is 3. The van der Waals surface area contributed by atoms with Crippen molar-refractivity contribution in [1.82, 2.24) is 4.90 Å². The van der Waals surface area contributed by atoms with Crippen molar-refractivity contribution in [1.29, 1.82) is 0 Å². The third-order valence-corrected chi connectivity index (χ3v) is 8.04. The van der Waals surface area contributed by atoms with Crippen LogP contribution in [0.5, 0.6) is 17.2 Å². The van der Waals surface area contributed by atoms with Gasteiger partial charge in [-0.15, -0.1) is 0 Å². The van der Waals surface area contributed by atoms with Gasteiger partial charge in [-0.2, -0.15) is 8.42 Å². The summed E-state index contributed by atoms with van der Waals surface area (Å²) >= 11 is 13.3. The van der Waals surface area contributed by atoms with Crippen LogP contribution in [0.25, 0.3) is 6.08 Å². The second kappa shape index (κ2) is 11.7. The van der Waals surface area contributed by atoms with Crippen molar-refractivity contribution < 1.29 is 31.7 Å². The van der Waals surface area contributed by atoms with Gasteiger partial charge < -0.3 is 13.7 Å². The van der Waals surface area contributed by atoms with Crippen LogP contribution >= 0.6 is 35.0 Å². The summed E-state index contributed by atoms with van der Waals surface area (Å²) in [5.74, 6) is 0.286. The Morgan fingerprint density at radius 2 is 1.61 bits per heavy atom. The lowest BCUT2D eigenvalue weighted by Crippen LogP contribution is -2.32. The van der Waals surface area contributed by atoms with E-state index in [9.17, 15) is 18.0 Å². The molecule has 0 aromatic heterocycles. The lowest BCUT2D eigenvalue weighted by Gasteiger charge is -2.14. The van der Waals surface area contributed by atoms with E-state index in [4.69, 9.17) is 36.9 Å². The fourth-order valence-corrected chi connectivity index (χ4v) is 5.94. The molecule has 0 N–H and O–H groups in total. The van der Waals surface area contributed by atoms with Crippen LogP contribution in [0.15, 0.2) is 70.5 Å². The number of hydrogen-bond donors (Lipinski definition) is 0. The second-order valence-corrected chi connectivity index (χ2v) is 11.4. The van der Waals surface area contributed by atoms with E-state index in [0.717, 1.165) is 22.2 Å². The number of thioether (sulfide) groups is 1. The molecule has 0 unspecified atom stereocenters. The molecular formula is C26H21Cl2NO7S2. The summed E-state index contributed by atoms with van der Waals surface area (Å²) in [6, 6.07) is 15.9. The van der Waals surface area contributed by atoms with Crippen molar-refractivity contribution in [2.45, 2.75) is 11.8 Å². The fourth-order valence-electron chi connectivity index (χ4n) is 3.43. The SMILES string of the molecule is COc1ccccc1OCCN1C(=O)S/C(=C\c2cc(Cl)c(OS(=O)(=O)c3ccc(C)cc3)c(Cl)c2)C1=O. The molecule has 1 fully saturated rings. The van der Waals surface area contributed by atoms with Crippen LogP contribution in [0, 0.1) is 6.92 Å². The summed E-state index contributed by atoms with van der Waals surface area (Å²) < 4.78 is 41.4. The number of nitrogens with zero attached hydrogens (tertiary/aromatic N) is 1. The highest BCUT2D eigenvalue weighted by Gasteiger charge is 2.35. The lowest BCUT2D eigenvalue weighted by atomic mass is 10.2. The molecule has 1 saturated heterocycles. The molecule has 0 spiro atoms. The highest BCUT2D eigenvalue weighted by atomic mass is 35.5. The summed E-state index contributed by atoms with van der Waals surface area (Å²) in [5, 5.41) is -0.612. The highest BCUT2D eigenvalue weighted by Crippen LogP contribution is 2.38. The van der Waals surface area contributed by atoms with Crippen molar-refractivity contribution in [3.05, 3.63) is 86.7 Å². The van der Waals surface area contributed by atoms with Gasteiger partial charge in [0.05, 0.1) is 28.6 Å². The Hall–Kier alpha value is -3.18. The smallest absolute Gasteiger partial charge is 0.339 e. The third kappa shape index (κ3) is 6.27. The number of para-hydroxylation sites is 2. The molecule has 0 atom stereocenters. The number of methoxy groups -OCH3 is 1. The van der Waals surface area contributed by atoms with Gasteiger partial charge in [0.15, 0.2) is 17.2 Å². The number of carbonyl (C=O) groups is 2. The summed E-state index contributed by atoms with van der Waals surface area (Å²) in [5.41, 5.74) is 1.27. The molecule has 1 aliphatic heterocycles. The van der Waals surface area contributed by atoms with Gasteiger partial charge in [0, 0.05) is 0 Å². The van der Waals surface area contributed by atoms with Crippen LogP contribution in [-0.4, -0.2) is 44.7 Å². The van der Waals surface area contributed by atoms with Gasteiger partial charge in [0.1, 0.15) is 11.5 Å². The Labute approximate surface area is 234 Å². The Morgan fingerprint density at radius 1 is 0.974 bits per heavy atom. The Bertz CT molecular complexity index is 1500. The molecule has 3 aromatic carbocycles. The minimum absolute atomic E-state index is 0.0330. The molecule has 1 heterocycles. The number of hydrogen-bond acceptors (Lipinski definition) is 8. The van der Waals surface area contributed by atoms with Gasteiger partial charge in [-0.05, 0) is 66.7 Å². The predicted octanol–water partition coefficient (Wildman–Crippen LogP) is 6.19. The van der Waals surface area contributed by atoms with E-state index in [1.54, 1.807) is 36.4 Å². The first-order chi connectivity index (χ1) is 18.1. The Balaban J connectivity index is 1.46. The lowest BCUT2D eigenvalue weighted by molar-refractivity contribution is -0.123. The first-order valence-electron chi connectivity index (χ1n) is 11.1. The van der Waals surface area contributed by atoms with Crippen molar-refractivity contribution >= 4 is 62.3 Å². The largest absolute Gasteiger partial charge is 0.493 e. The van der Waals surface area contributed by atoms with Gasteiger partial charge in [-0.25, -0.2) is 0 Å². The first-order valence-corrected chi connectivity index (χ1v) is 14.1. The van der Waals surface area contributed by atoms with Crippen LogP contribution in [0.4, 0.5) is 4.79 Å². The zero-order valence-corrected chi connectivity index (χ0v) is 23.3. The van der Waals surface area contributed by atoms with E-state index in [0.29, 0.717) is 17.1 Å². The van der Waals surface area contributed by atoms with E-state index >= 15 is 0 Å². The zero-order valence-electron chi connectivity index (χ0n) is 20.1. The molecule has 0 bridgehead atoms. The number of rotatable bonds is 9. The van der Waals surface area contributed by atoms with Crippen LogP contribution in [0.2, 0.25) is 10.0 Å². The summed E-state index contributed by atoms with van der Waals surface area (Å²) in [7, 11) is -2.66. The summed E-state index contributed by atoms with van der Waals surface area (Å²) in [6.07, 6.45) is 1.45. The molecule has 0 saturated carbocycles. The van der Waals surface area contributed by atoms with E-state index in [-0.39, 0.29) is 38.7 Å². The van der Waals surface area contributed by atoms with Crippen molar-refractivity contribution in [3.8, 4) is 17.2 Å². The van der Waals surface area contributed by atoms with Crippen LogP contribution in [0.1, 0.15) is 11.1 Å². The maximum Gasteiger partial charge on any atom is 0.339 e. The van der Waals surface area contributed by atoms with Gasteiger partial charge in [-0.3, -0.25) is 14.5 Å². The topological polar surface area (TPSA) is 99.2 Å². The fraction of sp³-hybridized carbons (Fsp3) is 0.154. The van der Waals surface area contributed by atoms with E-state index in [2.05, 4.69) is 0 Å². The number of carbonyl (C=O) groups excluding carboxylic acids is 2. The van der Waals surface area contributed by atoms with Crippen LogP contribution in [0.3, 0.4) is 0 Å². The number of imide groups is 1. The Kier molecular flexibility index (Phi) is 8.57. The van der Waals surface area contributed by atoms with Crippen LogP contribution in [-0.2, 0) is 14.9 Å². The molecular weight excluding hydrogens is 573 g/mol. The molecule has 0 radical (unpaired) electrons. The molecule has 3 aromatic rings. The van der Waals surface area contributed by atoms with Crippen molar-refractivity contribution in [2.24, 2.45) is 0 Å². The van der Waals surface area contributed by atoms with Gasteiger partial charge >= 0.3 is 10.1 Å². The minimum Gasteiger partial charge on any atom is -0.493 e. The molecule has 2 amide bonds. The average Bonchev–Trinajstić information content (AvgIpc) is 3.14. The number of aryl methyl sites for hydroxylation is 1. The quantitative estimate of drug-likeness (QED) is 0.214. The van der Waals surface area contributed by atoms with E-state index in [1.807, 2.05) is 6.92 Å². The van der Waals surface area contributed by atoms with Gasteiger partial charge in [0.2, 0.25) is 0 Å². The summed E-state index contributed by atoms with van der Waals surface area (Å²) in [4.78, 5) is 26.5. The molecule has 4 rings (SSSR count). The molecule has 8 nitrogen and oxygen atoms in total. The maximum absolute atomic E-state index is 12.9. The number of ether oxygens (including phenoxy) is 2. The van der Waals surface area contributed by atoms with Crippen molar-refractivity contribution in [2.75, 3.05) is 20.3 Å². The van der Waals surface area contributed by atoms with Crippen molar-refractivity contribution in [3.63, 3.8) is 0 Å². The maximum atomic E-state index is 12.9. The second-order valence-electron chi connectivity index (χ2n) is 8.00. The monoisotopic (exact) mass is 593 g/mol. The average molecular weight is 594 g/mol. The highest BCUT2D eigenvalue weighted by molar-refractivity contribution is 8.18. The minimum atomic E-state index is -4.18. The molecule has 0 aliphatic carbocycles. The molecule has 198 valence electrons. The zero-order chi connectivity index (χ0) is 27.4. The van der Waals surface area contributed by atoms with E-state index < -0.39 is 21.3 Å². The van der Waals surface area contributed by atoms with Gasteiger partial charge in [-0.1, -0.05) is 53.0 Å². The van der Waals surface area contributed by atoms with Crippen LogP contribution < -0.4 is 13.7 Å². The first kappa shape index (κ1) is 27.8. The Morgan fingerprint density at radius 3 is 2.24 bits per heavy atom. The summed E-state index contributed by atoms with van der Waals surface area (Å²) in [6.45, 7) is 1.93. The number of amides is 2. The predicted molar refractivity (Wildman–Crippen MR) is 147 cm³/mol.